The van der Waals surface area contributed by atoms with Gasteiger partial charge in [-0.05, 0) is 207 Å². The fraction of sp³-hybridized carbons (Fsp3) is 0.667. The van der Waals surface area contributed by atoms with E-state index in [9.17, 15) is 14.4 Å². The zero-order valence-corrected chi connectivity index (χ0v) is 32.6. The summed E-state index contributed by atoms with van der Waals surface area (Å²) in [5, 5.41) is 0. The van der Waals surface area contributed by atoms with Crippen LogP contribution in [0.1, 0.15) is 156 Å². The third kappa shape index (κ3) is 7.67. The molecular formula is C45H60O6. The van der Waals surface area contributed by atoms with E-state index in [1.807, 2.05) is 62.3 Å². The molecule has 0 aliphatic heterocycles. The van der Waals surface area contributed by atoms with Crippen LogP contribution >= 0.6 is 0 Å². The minimum Gasteiger partial charge on any atom is -0.460 e. The molecule has 0 N–H and O–H groups in total. The standard InChI is InChI=1S/C45H60O6/c1-40(2,3)49-37(46)28-10-13-34(43(25-28)16-17-43)31-22-32(35-14-11-29(26-44(35)18-19-44)38(47)50-41(4,5)6)24-33(23-31)36-15-12-30(27-45(36)20-21-45)39(48)51-42(7,8)9/h13-15,22-24,28-30H,10-12,16-21,25-27H2,1-9H3. The SMILES string of the molecule is CC(C)(C)OC(=O)C1CC=C(c2cc(C3=CCC(C(=O)OC(C)(C)C)CC34CC4)cc(C3=CCC(C(=O)OC(C)(C)C)CC34CC4)c2)C2(CC2)C1. The molecule has 6 heteroatoms. The third-order valence-corrected chi connectivity index (χ3v) is 12.1. The van der Waals surface area contributed by atoms with Gasteiger partial charge in [-0.25, -0.2) is 0 Å². The summed E-state index contributed by atoms with van der Waals surface area (Å²) in [7, 11) is 0. The van der Waals surface area contributed by atoms with Gasteiger partial charge in [-0.1, -0.05) is 18.2 Å². The van der Waals surface area contributed by atoms with Crippen LogP contribution in [0.3, 0.4) is 0 Å². The van der Waals surface area contributed by atoms with Gasteiger partial charge in [-0.2, -0.15) is 0 Å². The van der Waals surface area contributed by atoms with E-state index in [4.69, 9.17) is 14.2 Å². The molecule has 51 heavy (non-hydrogen) atoms. The van der Waals surface area contributed by atoms with Gasteiger partial charge in [0.05, 0.1) is 17.8 Å². The van der Waals surface area contributed by atoms with Crippen LogP contribution in [-0.4, -0.2) is 34.7 Å². The maximum absolute atomic E-state index is 13.2. The van der Waals surface area contributed by atoms with Crippen LogP contribution in [0.2, 0.25) is 0 Å². The van der Waals surface area contributed by atoms with Crippen LogP contribution in [0.15, 0.2) is 36.4 Å². The lowest BCUT2D eigenvalue weighted by molar-refractivity contribution is -0.161. The predicted molar refractivity (Wildman–Crippen MR) is 201 cm³/mol. The van der Waals surface area contributed by atoms with E-state index in [0.29, 0.717) is 19.3 Å². The van der Waals surface area contributed by atoms with Crippen molar-refractivity contribution in [1.29, 1.82) is 0 Å². The van der Waals surface area contributed by atoms with Crippen molar-refractivity contribution in [3.63, 3.8) is 0 Å². The number of rotatable bonds is 6. The van der Waals surface area contributed by atoms with E-state index in [2.05, 4.69) is 36.4 Å². The Morgan fingerprint density at radius 1 is 0.471 bits per heavy atom. The summed E-state index contributed by atoms with van der Waals surface area (Å²) in [6, 6.07) is 7.24. The number of ether oxygens (including phenoxy) is 3. The monoisotopic (exact) mass is 696 g/mol. The lowest BCUT2D eigenvalue weighted by Gasteiger charge is -2.34. The quantitative estimate of drug-likeness (QED) is 0.218. The Morgan fingerprint density at radius 3 is 0.902 bits per heavy atom. The zero-order valence-electron chi connectivity index (χ0n) is 32.6. The summed E-state index contributed by atoms with van der Waals surface area (Å²) in [5.41, 5.74) is 6.48. The number of esters is 3. The highest BCUT2D eigenvalue weighted by atomic mass is 16.6. The van der Waals surface area contributed by atoms with Gasteiger partial charge in [-0.15, -0.1) is 0 Å². The first-order valence-corrected chi connectivity index (χ1v) is 19.7. The van der Waals surface area contributed by atoms with Crippen molar-refractivity contribution in [1.82, 2.24) is 0 Å². The second-order valence-corrected chi connectivity index (χ2v) is 20.0. The lowest BCUT2D eigenvalue weighted by Crippen LogP contribution is -2.32. The molecule has 276 valence electrons. The topological polar surface area (TPSA) is 78.9 Å². The van der Waals surface area contributed by atoms with Gasteiger partial charge in [0.1, 0.15) is 16.8 Å². The van der Waals surface area contributed by atoms with Crippen molar-refractivity contribution >= 4 is 34.6 Å². The largest absolute Gasteiger partial charge is 0.460 e. The summed E-state index contributed by atoms with van der Waals surface area (Å²) in [5.74, 6) is -0.575. The summed E-state index contributed by atoms with van der Waals surface area (Å²) >= 11 is 0. The van der Waals surface area contributed by atoms with Crippen LogP contribution < -0.4 is 0 Å². The minimum absolute atomic E-state index is 0.00968. The molecule has 0 saturated heterocycles. The van der Waals surface area contributed by atoms with Gasteiger partial charge < -0.3 is 14.2 Å². The van der Waals surface area contributed by atoms with Gasteiger partial charge >= 0.3 is 17.9 Å². The molecule has 7 rings (SSSR count). The average Bonchev–Trinajstić information content (AvgIpc) is 3.95. The first-order valence-electron chi connectivity index (χ1n) is 19.7. The molecular weight excluding hydrogens is 636 g/mol. The Balaban J connectivity index is 1.26. The van der Waals surface area contributed by atoms with Crippen LogP contribution in [-0.2, 0) is 28.6 Å². The summed E-state index contributed by atoms with van der Waals surface area (Å²) in [6.07, 6.45) is 18.2. The Hall–Kier alpha value is -3.15. The van der Waals surface area contributed by atoms with Crippen molar-refractivity contribution in [2.75, 3.05) is 0 Å². The van der Waals surface area contributed by atoms with E-state index in [0.717, 1.165) is 57.8 Å². The highest BCUT2D eigenvalue weighted by molar-refractivity contribution is 5.87. The number of benzene rings is 1. The third-order valence-electron chi connectivity index (χ3n) is 12.1. The predicted octanol–water partition coefficient (Wildman–Crippen LogP) is 10.4. The molecule has 3 saturated carbocycles. The van der Waals surface area contributed by atoms with Gasteiger partial charge in [0.25, 0.3) is 0 Å². The fourth-order valence-corrected chi connectivity index (χ4v) is 9.36. The molecule has 3 spiro atoms. The van der Waals surface area contributed by atoms with Crippen molar-refractivity contribution in [3.05, 3.63) is 53.1 Å². The molecule has 0 amide bonds. The first-order chi connectivity index (χ1) is 23.7. The van der Waals surface area contributed by atoms with Gasteiger partial charge in [0.15, 0.2) is 0 Å². The van der Waals surface area contributed by atoms with Crippen LogP contribution in [0.25, 0.3) is 16.7 Å². The van der Waals surface area contributed by atoms with Crippen molar-refractivity contribution in [2.24, 2.45) is 34.0 Å². The Labute approximate surface area is 305 Å². The number of carbonyl (C=O) groups is 3. The van der Waals surface area contributed by atoms with Crippen molar-refractivity contribution < 1.29 is 28.6 Å². The average molecular weight is 697 g/mol. The molecule has 0 bridgehead atoms. The minimum atomic E-state index is -0.495. The maximum atomic E-state index is 13.2. The van der Waals surface area contributed by atoms with Crippen LogP contribution in [0.4, 0.5) is 0 Å². The molecule has 3 atom stereocenters. The normalized spacial score (nSPS) is 27.2. The van der Waals surface area contributed by atoms with Gasteiger partial charge in [0, 0.05) is 0 Å². The molecule has 6 aliphatic rings. The van der Waals surface area contributed by atoms with Gasteiger partial charge in [-0.3, -0.25) is 14.4 Å². The Kier molecular flexibility index (Phi) is 8.66. The van der Waals surface area contributed by atoms with Crippen molar-refractivity contribution in [2.45, 2.75) is 156 Å². The van der Waals surface area contributed by atoms with Crippen LogP contribution in [0, 0.1) is 34.0 Å². The van der Waals surface area contributed by atoms with Gasteiger partial charge in [0.2, 0.25) is 0 Å². The summed E-state index contributed by atoms with van der Waals surface area (Å²) in [6.45, 7) is 17.5. The first kappa shape index (κ1) is 36.2. The van der Waals surface area contributed by atoms with E-state index < -0.39 is 16.8 Å². The molecule has 0 heterocycles. The Bertz CT molecular complexity index is 1490. The summed E-state index contributed by atoms with van der Waals surface area (Å²) < 4.78 is 17.6. The molecule has 3 unspecified atom stereocenters. The number of carbonyl (C=O) groups excluding carboxylic acids is 3. The second-order valence-electron chi connectivity index (χ2n) is 20.0. The lowest BCUT2D eigenvalue weighted by atomic mass is 9.71. The van der Waals surface area contributed by atoms with E-state index in [1.165, 1.54) is 33.4 Å². The molecule has 6 nitrogen and oxygen atoms in total. The molecule has 1 aromatic carbocycles. The zero-order chi connectivity index (χ0) is 36.8. The molecule has 1 aromatic rings. The number of hydrogen-bond donors (Lipinski definition) is 0. The van der Waals surface area contributed by atoms with E-state index in [-0.39, 0.29) is 51.9 Å². The smallest absolute Gasteiger partial charge is 0.309 e. The highest BCUT2D eigenvalue weighted by Gasteiger charge is 2.54. The Morgan fingerprint density at radius 2 is 0.706 bits per heavy atom. The van der Waals surface area contributed by atoms with E-state index >= 15 is 0 Å². The number of allylic oxidation sites excluding steroid dienone is 6. The highest BCUT2D eigenvalue weighted by Crippen LogP contribution is 2.66. The molecule has 0 aromatic heterocycles. The number of hydrogen-bond acceptors (Lipinski definition) is 6. The maximum Gasteiger partial charge on any atom is 0.309 e. The van der Waals surface area contributed by atoms with Crippen molar-refractivity contribution in [3.8, 4) is 0 Å². The fourth-order valence-electron chi connectivity index (χ4n) is 9.36. The molecule has 0 radical (unpaired) electrons. The summed E-state index contributed by atoms with van der Waals surface area (Å²) in [4.78, 5) is 39.7. The molecule has 3 fully saturated rings. The van der Waals surface area contributed by atoms with Crippen LogP contribution in [0.5, 0.6) is 0 Å². The van der Waals surface area contributed by atoms with E-state index in [1.54, 1.807) is 0 Å². The second kappa shape index (κ2) is 12.2. The molecule has 6 aliphatic carbocycles.